The minimum Gasteiger partial charge on any atom is -0.229 e. The molecule has 18 heavy (non-hydrogen) atoms. The zero-order valence-electron chi connectivity index (χ0n) is 11.8. The molecule has 0 amide bonds. The van der Waals surface area contributed by atoms with Crippen LogP contribution < -0.4 is 0 Å². The summed E-state index contributed by atoms with van der Waals surface area (Å²) in [6.45, 7) is 7.73. The SMILES string of the molecule is Cc1ccc([C@@H](C)CCCS(=O)(=O)C(C)C)cc1. The summed E-state index contributed by atoms with van der Waals surface area (Å²) in [6.07, 6.45) is 1.67. The molecule has 0 saturated heterocycles. The van der Waals surface area contributed by atoms with Gasteiger partial charge in [-0.3, -0.25) is 0 Å². The van der Waals surface area contributed by atoms with Crippen LogP contribution in [-0.2, 0) is 9.84 Å². The van der Waals surface area contributed by atoms with E-state index in [0.717, 1.165) is 12.8 Å². The van der Waals surface area contributed by atoms with Crippen LogP contribution in [0.15, 0.2) is 24.3 Å². The first kappa shape index (κ1) is 15.2. The van der Waals surface area contributed by atoms with Crippen LogP contribution in [0.2, 0.25) is 0 Å². The molecule has 0 aliphatic rings. The van der Waals surface area contributed by atoms with Gasteiger partial charge in [0.1, 0.15) is 0 Å². The fraction of sp³-hybridized carbons (Fsp3) is 0.600. The third-order valence-electron chi connectivity index (χ3n) is 3.43. The summed E-state index contributed by atoms with van der Waals surface area (Å²) in [5.41, 5.74) is 2.55. The third-order valence-corrected chi connectivity index (χ3v) is 5.72. The smallest absolute Gasteiger partial charge is 0.152 e. The zero-order chi connectivity index (χ0) is 13.8. The van der Waals surface area contributed by atoms with Crippen molar-refractivity contribution in [2.75, 3.05) is 5.75 Å². The molecule has 0 heterocycles. The van der Waals surface area contributed by atoms with E-state index in [2.05, 4.69) is 38.1 Å². The van der Waals surface area contributed by atoms with E-state index in [-0.39, 0.29) is 5.25 Å². The van der Waals surface area contributed by atoms with Crippen LogP contribution in [0.25, 0.3) is 0 Å². The van der Waals surface area contributed by atoms with Crippen LogP contribution in [0, 0.1) is 6.92 Å². The van der Waals surface area contributed by atoms with Crippen molar-refractivity contribution in [1.82, 2.24) is 0 Å². The highest BCUT2D eigenvalue weighted by molar-refractivity contribution is 7.91. The Bertz CT molecular complexity index is 458. The van der Waals surface area contributed by atoms with Crippen molar-refractivity contribution in [2.45, 2.75) is 51.7 Å². The number of hydrogen-bond donors (Lipinski definition) is 0. The molecule has 3 heteroatoms. The molecule has 0 aliphatic heterocycles. The Morgan fingerprint density at radius 1 is 1.06 bits per heavy atom. The molecule has 0 aromatic heterocycles. The molecule has 0 fully saturated rings. The van der Waals surface area contributed by atoms with Crippen LogP contribution in [0.1, 0.15) is 50.7 Å². The van der Waals surface area contributed by atoms with E-state index in [1.807, 2.05) is 0 Å². The molecule has 0 unspecified atom stereocenters. The van der Waals surface area contributed by atoms with Gasteiger partial charge in [0, 0.05) is 0 Å². The second kappa shape index (κ2) is 6.37. The predicted molar refractivity (Wildman–Crippen MR) is 77.8 cm³/mol. The molecule has 0 bridgehead atoms. The van der Waals surface area contributed by atoms with Gasteiger partial charge in [0.05, 0.1) is 11.0 Å². The minimum absolute atomic E-state index is 0.257. The first-order chi connectivity index (χ1) is 8.33. The van der Waals surface area contributed by atoms with Gasteiger partial charge >= 0.3 is 0 Å². The highest BCUT2D eigenvalue weighted by Crippen LogP contribution is 2.21. The first-order valence-corrected chi connectivity index (χ1v) is 8.32. The van der Waals surface area contributed by atoms with Crippen LogP contribution in [0.3, 0.4) is 0 Å². The highest BCUT2D eigenvalue weighted by Gasteiger charge is 2.16. The van der Waals surface area contributed by atoms with Gasteiger partial charge in [-0.05, 0) is 45.1 Å². The topological polar surface area (TPSA) is 34.1 Å². The summed E-state index contributed by atoms with van der Waals surface area (Å²) >= 11 is 0. The lowest BCUT2D eigenvalue weighted by molar-refractivity contribution is 0.578. The van der Waals surface area contributed by atoms with Gasteiger partial charge in [0.2, 0.25) is 0 Å². The monoisotopic (exact) mass is 268 g/mol. The van der Waals surface area contributed by atoms with Gasteiger partial charge in [-0.1, -0.05) is 36.8 Å². The maximum atomic E-state index is 11.7. The molecular formula is C15H24O2S. The second-order valence-electron chi connectivity index (χ2n) is 5.37. The third kappa shape index (κ3) is 4.45. The van der Waals surface area contributed by atoms with E-state index < -0.39 is 9.84 Å². The number of rotatable bonds is 6. The normalized spacial score (nSPS) is 13.8. The fourth-order valence-corrected chi connectivity index (χ4v) is 2.93. The average molecular weight is 268 g/mol. The lowest BCUT2D eigenvalue weighted by atomic mass is 9.96. The first-order valence-electron chi connectivity index (χ1n) is 6.61. The Labute approximate surface area is 111 Å². The summed E-state index contributed by atoms with van der Waals surface area (Å²) in [7, 11) is -2.88. The summed E-state index contributed by atoms with van der Waals surface area (Å²) in [4.78, 5) is 0. The summed E-state index contributed by atoms with van der Waals surface area (Å²) < 4.78 is 23.4. The Morgan fingerprint density at radius 2 is 1.61 bits per heavy atom. The molecule has 1 atom stereocenters. The van der Waals surface area contributed by atoms with Gasteiger partial charge in [-0.25, -0.2) is 8.42 Å². The van der Waals surface area contributed by atoms with Crippen molar-refractivity contribution >= 4 is 9.84 Å². The summed E-state index contributed by atoms with van der Waals surface area (Å²) in [5, 5.41) is -0.257. The van der Waals surface area contributed by atoms with Crippen LogP contribution >= 0.6 is 0 Å². The molecule has 0 radical (unpaired) electrons. The maximum absolute atomic E-state index is 11.7. The molecule has 0 saturated carbocycles. The molecule has 1 aromatic carbocycles. The van der Waals surface area contributed by atoms with Gasteiger partial charge in [-0.2, -0.15) is 0 Å². The Morgan fingerprint density at radius 3 is 2.11 bits per heavy atom. The number of aryl methyl sites for hydroxylation is 1. The average Bonchev–Trinajstić information content (AvgIpc) is 2.29. The molecule has 0 aliphatic carbocycles. The van der Waals surface area contributed by atoms with Crippen molar-refractivity contribution in [2.24, 2.45) is 0 Å². The van der Waals surface area contributed by atoms with Crippen molar-refractivity contribution in [1.29, 1.82) is 0 Å². The largest absolute Gasteiger partial charge is 0.229 e. The zero-order valence-corrected chi connectivity index (χ0v) is 12.6. The standard InChI is InChI=1S/C15H24O2S/c1-12(2)18(16,17)11-5-6-14(4)15-9-7-13(3)8-10-15/h7-10,12,14H,5-6,11H2,1-4H3/t14-/m0/s1. The molecular weight excluding hydrogens is 244 g/mol. The molecule has 1 rings (SSSR count). The molecule has 0 spiro atoms. The molecule has 1 aromatic rings. The number of sulfone groups is 1. The van der Waals surface area contributed by atoms with Gasteiger partial charge < -0.3 is 0 Å². The van der Waals surface area contributed by atoms with E-state index in [9.17, 15) is 8.42 Å². The van der Waals surface area contributed by atoms with Crippen molar-refractivity contribution < 1.29 is 8.42 Å². The Balaban J connectivity index is 2.47. The molecule has 2 nitrogen and oxygen atoms in total. The van der Waals surface area contributed by atoms with Crippen LogP contribution in [0.4, 0.5) is 0 Å². The van der Waals surface area contributed by atoms with Crippen LogP contribution in [-0.4, -0.2) is 19.4 Å². The van der Waals surface area contributed by atoms with Gasteiger partial charge in [-0.15, -0.1) is 0 Å². The van der Waals surface area contributed by atoms with E-state index >= 15 is 0 Å². The van der Waals surface area contributed by atoms with Gasteiger partial charge in [0.25, 0.3) is 0 Å². The quantitative estimate of drug-likeness (QED) is 0.788. The molecule has 0 N–H and O–H groups in total. The second-order valence-corrected chi connectivity index (χ2v) is 8.05. The van der Waals surface area contributed by atoms with E-state index in [1.165, 1.54) is 11.1 Å². The van der Waals surface area contributed by atoms with Crippen LogP contribution in [0.5, 0.6) is 0 Å². The molecule has 102 valence electrons. The van der Waals surface area contributed by atoms with E-state index in [0.29, 0.717) is 11.7 Å². The lowest BCUT2D eigenvalue weighted by Gasteiger charge is -2.13. The lowest BCUT2D eigenvalue weighted by Crippen LogP contribution is -2.17. The van der Waals surface area contributed by atoms with Crippen molar-refractivity contribution in [3.63, 3.8) is 0 Å². The predicted octanol–water partition coefficient (Wildman–Crippen LogP) is 3.70. The summed E-state index contributed by atoms with van der Waals surface area (Å²) in [5.74, 6) is 0.730. The number of hydrogen-bond acceptors (Lipinski definition) is 2. The summed E-state index contributed by atoms with van der Waals surface area (Å²) in [6, 6.07) is 8.49. The van der Waals surface area contributed by atoms with Crippen molar-refractivity contribution in [3.05, 3.63) is 35.4 Å². The fourth-order valence-electron chi connectivity index (χ4n) is 1.89. The van der Waals surface area contributed by atoms with E-state index in [4.69, 9.17) is 0 Å². The van der Waals surface area contributed by atoms with E-state index in [1.54, 1.807) is 13.8 Å². The minimum atomic E-state index is -2.88. The van der Waals surface area contributed by atoms with Crippen molar-refractivity contribution in [3.8, 4) is 0 Å². The Hall–Kier alpha value is -0.830. The maximum Gasteiger partial charge on any atom is 0.152 e. The Kier molecular flexibility index (Phi) is 5.39. The highest BCUT2D eigenvalue weighted by atomic mass is 32.2. The number of benzene rings is 1. The van der Waals surface area contributed by atoms with Gasteiger partial charge in [0.15, 0.2) is 9.84 Å².